The summed E-state index contributed by atoms with van der Waals surface area (Å²) in [5, 5.41) is 9.63. The summed E-state index contributed by atoms with van der Waals surface area (Å²) in [5.41, 5.74) is 7.29. The highest BCUT2D eigenvalue weighted by atomic mass is 16.4. The first-order chi connectivity index (χ1) is 7.18. The summed E-state index contributed by atoms with van der Waals surface area (Å²) in [6, 6.07) is 0.967. The van der Waals surface area contributed by atoms with Crippen molar-refractivity contribution in [3.8, 4) is 0 Å². The fourth-order valence-electron chi connectivity index (χ4n) is 1.51. The van der Waals surface area contributed by atoms with E-state index in [9.17, 15) is 4.79 Å². The summed E-state index contributed by atoms with van der Waals surface area (Å²) in [5.74, 6) is -0.992. The number of carboxylic acids is 1. The van der Waals surface area contributed by atoms with Gasteiger partial charge in [-0.3, -0.25) is 9.78 Å². The number of nitrogens with zero attached hydrogens (tertiary/aromatic N) is 1. The second kappa shape index (κ2) is 3.70. The molecule has 2 heterocycles. The number of carboxylic acid groups (broad SMARTS) is 1. The van der Waals surface area contributed by atoms with Crippen molar-refractivity contribution in [3.05, 3.63) is 30.2 Å². The SMILES string of the molecule is N[C@@H](Cc1c[nH]c2ccncc12)C(=O)O. The average Bonchev–Trinajstić information content (AvgIpc) is 2.62. The van der Waals surface area contributed by atoms with Gasteiger partial charge < -0.3 is 15.8 Å². The lowest BCUT2D eigenvalue weighted by atomic mass is 10.1. The van der Waals surface area contributed by atoms with Gasteiger partial charge in [0.15, 0.2) is 0 Å². The second-order valence-corrected chi connectivity index (χ2v) is 3.38. The van der Waals surface area contributed by atoms with Crippen LogP contribution >= 0.6 is 0 Å². The number of rotatable bonds is 3. The third-order valence-corrected chi connectivity index (χ3v) is 2.33. The van der Waals surface area contributed by atoms with Crippen molar-refractivity contribution in [1.29, 1.82) is 0 Å². The molecular formula is C10H11N3O2. The fraction of sp³-hybridized carbons (Fsp3) is 0.200. The molecule has 0 spiro atoms. The summed E-state index contributed by atoms with van der Waals surface area (Å²) >= 11 is 0. The van der Waals surface area contributed by atoms with Crippen LogP contribution in [0.1, 0.15) is 5.56 Å². The average molecular weight is 205 g/mol. The number of aromatic nitrogens is 2. The zero-order valence-corrected chi connectivity index (χ0v) is 7.97. The topological polar surface area (TPSA) is 92.0 Å². The minimum absolute atomic E-state index is 0.307. The van der Waals surface area contributed by atoms with Gasteiger partial charge in [-0.2, -0.15) is 0 Å². The largest absolute Gasteiger partial charge is 0.480 e. The van der Waals surface area contributed by atoms with Crippen molar-refractivity contribution in [2.24, 2.45) is 5.73 Å². The van der Waals surface area contributed by atoms with Crippen molar-refractivity contribution in [2.75, 3.05) is 0 Å². The molecule has 0 amide bonds. The van der Waals surface area contributed by atoms with Gasteiger partial charge in [0.1, 0.15) is 6.04 Å². The number of H-pyrrole nitrogens is 1. The number of nitrogens with two attached hydrogens (primary N) is 1. The van der Waals surface area contributed by atoms with E-state index >= 15 is 0 Å². The van der Waals surface area contributed by atoms with E-state index < -0.39 is 12.0 Å². The Bertz CT molecular complexity index is 492. The Labute approximate surface area is 85.9 Å². The molecule has 4 N–H and O–H groups in total. The van der Waals surface area contributed by atoms with E-state index in [2.05, 4.69) is 9.97 Å². The fourth-order valence-corrected chi connectivity index (χ4v) is 1.51. The quantitative estimate of drug-likeness (QED) is 0.681. The molecule has 15 heavy (non-hydrogen) atoms. The van der Waals surface area contributed by atoms with Crippen LogP contribution in [-0.2, 0) is 11.2 Å². The molecule has 5 nitrogen and oxygen atoms in total. The summed E-state index contributed by atoms with van der Waals surface area (Å²) in [7, 11) is 0. The predicted molar refractivity (Wildman–Crippen MR) is 55.4 cm³/mol. The molecule has 0 bridgehead atoms. The molecule has 0 unspecified atom stereocenters. The molecule has 0 radical (unpaired) electrons. The van der Waals surface area contributed by atoms with E-state index in [0.717, 1.165) is 16.5 Å². The molecule has 0 aliphatic carbocycles. The van der Waals surface area contributed by atoms with Crippen LogP contribution in [0.4, 0.5) is 0 Å². The number of fused-ring (bicyclic) bond motifs is 1. The van der Waals surface area contributed by atoms with Crippen LogP contribution in [0.5, 0.6) is 0 Å². The molecule has 0 aliphatic rings. The molecule has 0 saturated carbocycles. The number of carbonyl (C=O) groups is 1. The number of aliphatic carboxylic acids is 1. The van der Waals surface area contributed by atoms with Crippen LogP contribution in [0, 0.1) is 0 Å². The van der Waals surface area contributed by atoms with Crippen LogP contribution in [0.15, 0.2) is 24.7 Å². The van der Waals surface area contributed by atoms with Gasteiger partial charge in [-0.05, 0) is 11.6 Å². The number of aromatic amines is 1. The van der Waals surface area contributed by atoms with Crippen LogP contribution in [0.2, 0.25) is 0 Å². The molecule has 0 fully saturated rings. The predicted octanol–water partition coefficient (Wildman–Crippen LogP) is 0.517. The highest BCUT2D eigenvalue weighted by molar-refractivity contribution is 5.83. The van der Waals surface area contributed by atoms with Gasteiger partial charge in [-0.1, -0.05) is 0 Å². The Hall–Kier alpha value is -1.88. The van der Waals surface area contributed by atoms with Gasteiger partial charge in [0.05, 0.1) is 0 Å². The Morgan fingerprint density at radius 3 is 3.20 bits per heavy atom. The van der Waals surface area contributed by atoms with Crippen LogP contribution in [-0.4, -0.2) is 27.1 Å². The smallest absolute Gasteiger partial charge is 0.320 e. The molecule has 2 aromatic heterocycles. The molecular weight excluding hydrogens is 194 g/mol. The van der Waals surface area contributed by atoms with Gasteiger partial charge in [-0.25, -0.2) is 0 Å². The number of nitrogens with one attached hydrogen (secondary N) is 1. The van der Waals surface area contributed by atoms with E-state index in [1.54, 1.807) is 18.6 Å². The molecule has 0 aliphatic heterocycles. The van der Waals surface area contributed by atoms with Gasteiger partial charge in [0.25, 0.3) is 0 Å². The van der Waals surface area contributed by atoms with E-state index in [1.807, 2.05) is 6.07 Å². The maximum atomic E-state index is 10.6. The van der Waals surface area contributed by atoms with Crippen LogP contribution in [0.3, 0.4) is 0 Å². The van der Waals surface area contributed by atoms with E-state index in [-0.39, 0.29) is 0 Å². The first kappa shape index (κ1) is 9.67. The number of hydrogen-bond acceptors (Lipinski definition) is 3. The highest BCUT2D eigenvalue weighted by Crippen LogP contribution is 2.17. The van der Waals surface area contributed by atoms with Gasteiger partial charge in [0, 0.05) is 35.9 Å². The minimum atomic E-state index is -0.992. The Balaban J connectivity index is 2.32. The summed E-state index contributed by atoms with van der Waals surface area (Å²) < 4.78 is 0. The Morgan fingerprint density at radius 2 is 2.47 bits per heavy atom. The highest BCUT2D eigenvalue weighted by Gasteiger charge is 2.14. The summed E-state index contributed by atoms with van der Waals surface area (Å²) in [6.07, 6.45) is 5.46. The molecule has 0 aromatic carbocycles. The first-order valence-electron chi connectivity index (χ1n) is 4.57. The molecule has 0 saturated heterocycles. The maximum absolute atomic E-state index is 10.6. The zero-order valence-electron chi connectivity index (χ0n) is 7.97. The monoisotopic (exact) mass is 205 g/mol. The Morgan fingerprint density at radius 1 is 1.67 bits per heavy atom. The first-order valence-corrected chi connectivity index (χ1v) is 4.57. The molecule has 2 aromatic rings. The lowest BCUT2D eigenvalue weighted by Gasteiger charge is -2.04. The summed E-state index contributed by atoms with van der Waals surface area (Å²) in [6.45, 7) is 0. The standard InChI is InChI=1S/C10H11N3O2/c11-8(10(14)15)3-6-4-13-9-1-2-12-5-7(6)9/h1-2,4-5,8,13H,3,11H2,(H,14,15)/t8-/m0/s1. The number of pyridine rings is 1. The Kier molecular flexibility index (Phi) is 2.39. The maximum Gasteiger partial charge on any atom is 0.320 e. The molecule has 1 atom stereocenters. The molecule has 2 rings (SSSR count). The van der Waals surface area contributed by atoms with Gasteiger partial charge in [-0.15, -0.1) is 0 Å². The minimum Gasteiger partial charge on any atom is -0.480 e. The van der Waals surface area contributed by atoms with Gasteiger partial charge >= 0.3 is 5.97 Å². The van der Waals surface area contributed by atoms with E-state index in [4.69, 9.17) is 10.8 Å². The lowest BCUT2D eigenvalue weighted by molar-refractivity contribution is -0.138. The van der Waals surface area contributed by atoms with Crippen molar-refractivity contribution in [2.45, 2.75) is 12.5 Å². The van der Waals surface area contributed by atoms with E-state index in [1.165, 1.54) is 0 Å². The second-order valence-electron chi connectivity index (χ2n) is 3.38. The van der Waals surface area contributed by atoms with Crippen LogP contribution in [0.25, 0.3) is 10.9 Å². The van der Waals surface area contributed by atoms with Crippen molar-refractivity contribution >= 4 is 16.9 Å². The molecule has 5 heteroatoms. The van der Waals surface area contributed by atoms with Crippen LogP contribution < -0.4 is 5.73 Å². The molecule has 78 valence electrons. The van der Waals surface area contributed by atoms with Gasteiger partial charge in [0.2, 0.25) is 0 Å². The third-order valence-electron chi connectivity index (χ3n) is 2.33. The van der Waals surface area contributed by atoms with Crippen molar-refractivity contribution in [1.82, 2.24) is 9.97 Å². The third kappa shape index (κ3) is 1.82. The zero-order chi connectivity index (χ0) is 10.8. The van der Waals surface area contributed by atoms with Crippen molar-refractivity contribution < 1.29 is 9.90 Å². The van der Waals surface area contributed by atoms with Crippen molar-refractivity contribution in [3.63, 3.8) is 0 Å². The lowest BCUT2D eigenvalue weighted by Crippen LogP contribution is -2.32. The number of hydrogen-bond donors (Lipinski definition) is 3. The summed E-state index contributed by atoms with van der Waals surface area (Å²) in [4.78, 5) is 17.6. The van der Waals surface area contributed by atoms with E-state index in [0.29, 0.717) is 6.42 Å². The normalized spacial score (nSPS) is 12.9.